The van der Waals surface area contributed by atoms with Crippen molar-refractivity contribution < 1.29 is 13.2 Å². The first-order valence-corrected chi connectivity index (χ1v) is 9.33. The van der Waals surface area contributed by atoms with Crippen molar-refractivity contribution in [2.75, 3.05) is 11.5 Å². The third-order valence-corrected chi connectivity index (χ3v) is 5.68. The van der Waals surface area contributed by atoms with Crippen LogP contribution in [0.15, 0.2) is 24.3 Å². The summed E-state index contributed by atoms with van der Waals surface area (Å²) in [4.78, 5) is 12.1. The number of urea groups is 1. The van der Waals surface area contributed by atoms with Crippen molar-refractivity contribution >= 4 is 15.9 Å². The van der Waals surface area contributed by atoms with E-state index in [1.165, 1.54) is 11.1 Å². The number of carbonyl (C=O) groups is 1. The maximum Gasteiger partial charge on any atom is 0.315 e. The molecule has 0 radical (unpaired) electrons. The van der Waals surface area contributed by atoms with E-state index < -0.39 is 15.4 Å². The molecular weight excluding hydrogens is 300 g/mol. The zero-order valence-corrected chi connectivity index (χ0v) is 14.2. The lowest BCUT2D eigenvalue weighted by Gasteiger charge is -2.28. The summed E-state index contributed by atoms with van der Waals surface area (Å²) >= 11 is 0. The molecule has 1 aliphatic rings. The Balaban J connectivity index is 1.91. The van der Waals surface area contributed by atoms with Gasteiger partial charge in [0.2, 0.25) is 0 Å². The van der Waals surface area contributed by atoms with Crippen LogP contribution >= 0.6 is 0 Å². The van der Waals surface area contributed by atoms with Crippen LogP contribution < -0.4 is 10.6 Å². The first-order valence-electron chi connectivity index (χ1n) is 7.50. The number of amides is 2. The van der Waals surface area contributed by atoms with Gasteiger partial charge in [-0.15, -0.1) is 0 Å². The molecule has 1 fully saturated rings. The van der Waals surface area contributed by atoms with E-state index in [1.54, 1.807) is 0 Å². The summed E-state index contributed by atoms with van der Waals surface area (Å²) in [6.07, 6.45) is 1.21. The molecule has 2 rings (SSSR count). The van der Waals surface area contributed by atoms with E-state index in [4.69, 9.17) is 0 Å². The molecule has 0 aliphatic carbocycles. The number of nitrogens with one attached hydrogen (secondary N) is 2. The average Bonchev–Trinajstić information content (AvgIpc) is 2.70. The highest BCUT2D eigenvalue weighted by atomic mass is 32.2. The fraction of sp³-hybridized carbons (Fsp3) is 0.562. The average molecular weight is 324 g/mol. The highest BCUT2D eigenvalue weighted by Gasteiger charge is 2.30. The summed E-state index contributed by atoms with van der Waals surface area (Å²) in [6.45, 7) is 5.98. The highest BCUT2D eigenvalue weighted by Crippen LogP contribution is 2.16. The van der Waals surface area contributed by atoms with Gasteiger partial charge < -0.3 is 10.6 Å². The summed E-state index contributed by atoms with van der Waals surface area (Å²) < 4.78 is 22.8. The number of hydrogen-bond donors (Lipinski definition) is 2. The molecule has 1 aromatic carbocycles. The van der Waals surface area contributed by atoms with Crippen molar-refractivity contribution in [3.63, 3.8) is 0 Å². The van der Waals surface area contributed by atoms with Crippen molar-refractivity contribution in [1.29, 1.82) is 0 Å². The standard InChI is InChI=1S/C16H24N2O3S/c1-12-6-4-5-7-13(12)10-16(2,3)18-15(19)17-14-8-9-22(20,21)11-14/h4-7,14H,8-11H2,1-3H3,(H2,17,18,19)/t14-/m1/s1. The van der Waals surface area contributed by atoms with Gasteiger partial charge in [-0.05, 0) is 44.7 Å². The van der Waals surface area contributed by atoms with E-state index in [0.717, 1.165) is 6.42 Å². The molecule has 1 atom stereocenters. The second-order valence-electron chi connectivity index (χ2n) is 6.69. The van der Waals surface area contributed by atoms with E-state index >= 15 is 0 Å². The van der Waals surface area contributed by atoms with E-state index in [0.29, 0.717) is 6.42 Å². The van der Waals surface area contributed by atoms with Gasteiger partial charge in [0.25, 0.3) is 0 Å². The number of aryl methyl sites for hydroxylation is 1. The van der Waals surface area contributed by atoms with Gasteiger partial charge in [0.15, 0.2) is 9.84 Å². The highest BCUT2D eigenvalue weighted by molar-refractivity contribution is 7.91. The molecule has 1 aliphatic heterocycles. The molecule has 122 valence electrons. The van der Waals surface area contributed by atoms with Crippen LogP contribution in [0.2, 0.25) is 0 Å². The van der Waals surface area contributed by atoms with Crippen molar-refractivity contribution in [2.45, 2.75) is 45.2 Å². The summed E-state index contributed by atoms with van der Waals surface area (Å²) in [5.41, 5.74) is 1.98. The lowest BCUT2D eigenvalue weighted by molar-refractivity contribution is 0.226. The molecule has 0 saturated carbocycles. The van der Waals surface area contributed by atoms with Crippen LogP contribution in [0.5, 0.6) is 0 Å². The van der Waals surface area contributed by atoms with Crippen LogP contribution in [0.25, 0.3) is 0 Å². The van der Waals surface area contributed by atoms with Crippen molar-refractivity contribution in [3.8, 4) is 0 Å². The second-order valence-corrected chi connectivity index (χ2v) is 8.91. The van der Waals surface area contributed by atoms with Crippen LogP contribution in [0.4, 0.5) is 4.79 Å². The fourth-order valence-electron chi connectivity index (χ4n) is 2.77. The van der Waals surface area contributed by atoms with E-state index in [2.05, 4.69) is 29.7 Å². The summed E-state index contributed by atoms with van der Waals surface area (Å²) in [5, 5.41) is 5.70. The minimum Gasteiger partial charge on any atom is -0.334 e. The number of rotatable bonds is 4. The number of carbonyl (C=O) groups excluding carboxylic acids is 1. The molecule has 0 spiro atoms. The molecule has 1 saturated heterocycles. The minimum absolute atomic E-state index is 0.0403. The van der Waals surface area contributed by atoms with Crippen LogP contribution in [-0.4, -0.2) is 37.5 Å². The summed E-state index contributed by atoms with van der Waals surface area (Å²) in [5.74, 6) is 0.198. The molecule has 0 aromatic heterocycles. The van der Waals surface area contributed by atoms with Gasteiger partial charge in [-0.25, -0.2) is 13.2 Å². The van der Waals surface area contributed by atoms with Gasteiger partial charge in [-0.3, -0.25) is 0 Å². The molecule has 2 N–H and O–H groups in total. The third kappa shape index (κ3) is 4.73. The van der Waals surface area contributed by atoms with Crippen LogP contribution in [-0.2, 0) is 16.3 Å². The zero-order chi connectivity index (χ0) is 16.4. The molecule has 1 aromatic rings. The Morgan fingerprint density at radius 2 is 2.00 bits per heavy atom. The first kappa shape index (κ1) is 16.8. The van der Waals surface area contributed by atoms with Gasteiger partial charge in [-0.2, -0.15) is 0 Å². The molecule has 5 nitrogen and oxygen atoms in total. The lowest BCUT2D eigenvalue weighted by Crippen LogP contribution is -2.52. The fourth-order valence-corrected chi connectivity index (χ4v) is 4.44. The maximum atomic E-state index is 12.1. The summed E-state index contributed by atoms with van der Waals surface area (Å²) in [6, 6.07) is 7.50. The third-order valence-electron chi connectivity index (χ3n) is 3.91. The largest absolute Gasteiger partial charge is 0.334 e. The Morgan fingerprint density at radius 3 is 2.59 bits per heavy atom. The second kappa shape index (κ2) is 6.28. The number of benzene rings is 1. The van der Waals surface area contributed by atoms with Gasteiger partial charge >= 0.3 is 6.03 Å². The van der Waals surface area contributed by atoms with E-state index in [1.807, 2.05) is 26.0 Å². The molecular formula is C16H24N2O3S. The lowest BCUT2D eigenvalue weighted by atomic mass is 9.92. The molecule has 0 unspecified atom stereocenters. The Hall–Kier alpha value is -1.56. The van der Waals surface area contributed by atoms with E-state index in [-0.39, 0.29) is 23.6 Å². The Bertz CT molecular complexity index is 653. The monoisotopic (exact) mass is 324 g/mol. The predicted molar refractivity (Wildman–Crippen MR) is 87.7 cm³/mol. The molecule has 0 bridgehead atoms. The van der Waals surface area contributed by atoms with E-state index in [9.17, 15) is 13.2 Å². The molecule has 6 heteroatoms. The van der Waals surface area contributed by atoms with Crippen molar-refractivity contribution in [2.24, 2.45) is 0 Å². The van der Waals surface area contributed by atoms with Crippen molar-refractivity contribution in [1.82, 2.24) is 10.6 Å². The normalized spacial score (nSPS) is 20.6. The van der Waals surface area contributed by atoms with Crippen LogP contribution in [0, 0.1) is 6.92 Å². The van der Waals surface area contributed by atoms with Gasteiger partial charge in [0.1, 0.15) is 0 Å². The van der Waals surface area contributed by atoms with Gasteiger partial charge in [-0.1, -0.05) is 24.3 Å². The topological polar surface area (TPSA) is 75.3 Å². The maximum absolute atomic E-state index is 12.1. The number of hydrogen-bond acceptors (Lipinski definition) is 3. The number of sulfone groups is 1. The summed E-state index contributed by atoms with van der Waals surface area (Å²) in [7, 11) is -2.98. The molecule has 1 heterocycles. The van der Waals surface area contributed by atoms with Gasteiger partial charge in [0, 0.05) is 11.6 Å². The SMILES string of the molecule is Cc1ccccc1CC(C)(C)NC(=O)N[C@@H]1CCS(=O)(=O)C1. The Labute approximate surface area is 132 Å². The smallest absolute Gasteiger partial charge is 0.315 e. The Kier molecular flexibility index (Phi) is 4.80. The molecule has 22 heavy (non-hydrogen) atoms. The molecule has 2 amide bonds. The van der Waals surface area contributed by atoms with Crippen LogP contribution in [0.3, 0.4) is 0 Å². The predicted octanol–water partition coefficient (Wildman–Crippen LogP) is 1.80. The van der Waals surface area contributed by atoms with Crippen molar-refractivity contribution in [3.05, 3.63) is 35.4 Å². The van der Waals surface area contributed by atoms with Crippen LogP contribution in [0.1, 0.15) is 31.4 Å². The zero-order valence-electron chi connectivity index (χ0n) is 13.3. The quantitative estimate of drug-likeness (QED) is 0.887. The first-order chi connectivity index (χ1) is 10.2. The Morgan fingerprint density at radius 1 is 1.32 bits per heavy atom. The minimum atomic E-state index is -2.98. The van der Waals surface area contributed by atoms with Gasteiger partial charge in [0.05, 0.1) is 11.5 Å².